The van der Waals surface area contributed by atoms with Gasteiger partial charge in [0.2, 0.25) is 0 Å². The number of methoxy groups -OCH3 is 1. The van der Waals surface area contributed by atoms with Crippen LogP contribution in [-0.2, 0) is 9.47 Å². The number of hydrogen-bond donors (Lipinski definition) is 1. The summed E-state index contributed by atoms with van der Waals surface area (Å²) in [5, 5.41) is 3.58. The summed E-state index contributed by atoms with van der Waals surface area (Å²) < 4.78 is 11.9. The van der Waals surface area contributed by atoms with Gasteiger partial charge < -0.3 is 14.8 Å². The molecule has 0 aliphatic heterocycles. The maximum atomic E-state index is 6.39. The van der Waals surface area contributed by atoms with Crippen LogP contribution in [0.25, 0.3) is 0 Å². The van der Waals surface area contributed by atoms with Gasteiger partial charge in [-0.2, -0.15) is 0 Å². The first-order valence-electron chi connectivity index (χ1n) is 8.21. The van der Waals surface area contributed by atoms with E-state index >= 15 is 0 Å². The summed E-state index contributed by atoms with van der Waals surface area (Å²) in [5.41, 5.74) is -0.0568. The molecule has 0 radical (unpaired) electrons. The normalized spacial score (nSPS) is 28.1. The average Bonchev–Trinajstić information content (AvgIpc) is 2.36. The number of ether oxygens (including phenoxy) is 2. The summed E-state index contributed by atoms with van der Waals surface area (Å²) in [6.45, 7) is 12.8. The minimum absolute atomic E-state index is 0.0335. The molecule has 0 spiro atoms. The zero-order valence-electron chi connectivity index (χ0n) is 14.4. The molecular weight excluding hydrogens is 250 g/mol. The molecule has 0 heterocycles. The lowest BCUT2D eigenvalue weighted by atomic mass is 9.78. The van der Waals surface area contributed by atoms with Gasteiger partial charge in [-0.25, -0.2) is 0 Å². The number of rotatable bonds is 8. The molecule has 1 aliphatic rings. The fourth-order valence-corrected chi connectivity index (χ4v) is 2.96. The molecule has 1 aliphatic carbocycles. The smallest absolute Gasteiger partial charge is 0.0808 e. The lowest BCUT2D eigenvalue weighted by Gasteiger charge is -2.41. The lowest BCUT2D eigenvalue weighted by molar-refractivity contribution is -0.0993. The van der Waals surface area contributed by atoms with E-state index in [2.05, 4.69) is 39.9 Å². The standard InChI is InChI=1S/C17H35NO2/c1-14(2)18-13-17(9-7-8-15(3)12-17)20-11-10-16(4,5)19-6/h14-15,18H,7-13H2,1-6H3. The van der Waals surface area contributed by atoms with Gasteiger partial charge in [-0.3, -0.25) is 0 Å². The van der Waals surface area contributed by atoms with Crippen LogP contribution in [-0.4, -0.2) is 37.5 Å². The van der Waals surface area contributed by atoms with E-state index in [9.17, 15) is 0 Å². The summed E-state index contributed by atoms with van der Waals surface area (Å²) in [7, 11) is 1.78. The summed E-state index contributed by atoms with van der Waals surface area (Å²) in [6.07, 6.45) is 5.94. The highest BCUT2D eigenvalue weighted by Crippen LogP contribution is 2.35. The fourth-order valence-electron chi connectivity index (χ4n) is 2.96. The topological polar surface area (TPSA) is 30.5 Å². The molecule has 2 unspecified atom stereocenters. The molecule has 1 saturated carbocycles. The highest BCUT2D eigenvalue weighted by atomic mass is 16.5. The van der Waals surface area contributed by atoms with E-state index < -0.39 is 0 Å². The van der Waals surface area contributed by atoms with Crippen LogP contribution in [0, 0.1) is 5.92 Å². The third-order valence-corrected chi connectivity index (χ3v) is 4.55. The van der Waals surface area contributed by atoms with Crippen LogP contribution in [0.4, 0.5) is 0 Å². The van der Waals surface area contributed by atoms with Crippen LogP contribution in [0.5, 0.6) is 0 Å². The van der Waals surface area contributed by atoms with Crippen LogP contribution in [0.1, 0.15) is 66.7 Å². The largest absolute Gasteiger partial charge is 0.379 e. The Balaban J connectivity index is 2.54. The summed E-state index contributed by atoms with van der Waals surface area (Å²) in [4.78, 5) is 0. The Morgan fingerprint density at radius 1 is 1.35 bits per heavy atom. The van der Waals surface area contributed by atoms with Crippen molar-refractivity contribution < 1.29 is 9.47 Å². The molecule has 0 aromatic carbocycles. The van der Waals surface area contributed by atoms with Gasteiger partial charge in [0.05, 0.1) is 17.8 Å². The molecule has 1 N–H and O–H groups in total. The molecule has 3 nitrogen and oxygen atoms in total. The minimum atomic E-state index is -0.0903. The Morgan fingerprint density at radius 3 is 2.60 bits per heavy atom. The molecule has 20 heavy (non-hydrogen) atoms. The van der Waals surface area contributed by atoms with Crippen LogP contribution in [0.15, 0.2) is 0 Å². The number of nitrogens with one attached hydrogen (secondary N) is 1. The van der Waals surface area contributed by atoms with Gasteiger partial charge in [0, 0.05) is 19.7 Å². The summed E-state index contributed by atoms with van der Waals surface area (Å²) >= 11 is 0. The second-order valence-corrected chi connectivity index (χ2v) is 7.48. The summed E-state index contributed by atoms with van der Waals surface area (Å²) in [5.74, 6) is 0.771. The molecule has 3 heteroatoms. The molecule has 0 aromatic rings. The quantitative estimate of drug-likeness (QED) is 0.736. The van der Waals surface area contributed by atoms with Gasteiger partial charge in [0.15, 0.2) is 0 Å². The van der Waals surface area contributed by atoms with Gasteiger partial charge in [0.1, 0.15) is 0 Å². The van der Waals surface area contributed by atoms with Gasteiger partial charge in [-0.15, -0.1) is 0 Å². The highest BCUT2D eigenvalue weighted by molar-refractivity contribution is 4.90. The molecule has 0 saturated heterocycles. The fraction of sp³-hybridized carbons (Fsp3) is 1.00. The Bertz CT molecular complexity index is 278. The third-order valence-electron chi connectivity index (χ3n) is 4.55. The molecule has 0 bridgehead atoms. The van der Waals surface area contributed by atoms with Crippen LogP contribution >= 0.6 is 0 Å². The van der Waals surface area contributed by atoms with Crippen molar-refractivity contribution in [2.45, 2.75) is 84.0 Å². The predicted molar refractivity (Wildman–Crippen MR) is 85.2 cm³/mol. The van der Waals surface area contributed by atoms with E-state index in [4.69, 9.17) is 9.47 Å². The van der Waals surface area contributed by atoms with Crippen molar-refractivity contribution in [3.8, 4) is 0 Å². The van der Waals surface area contributed by atoms with Crippen LogP contribution in [0.2, 0.25) is 0 Å². The van der Waals surface area contributed by atoms with E-state index in [1.807, 2.05) is 0 Å². The SMILES string of the molecule is COC(C)(C)CCOC1(CNC(C)C)CCCC(C)C1. The molecule has 2 atom stereocenters. The first-order chi connectivity index (χ1) is 9.29. The van der Waals surface area contributed by atoms with E-state index in [1.165, 1.54) is 25.7 Å². The Morgan fingerprint density at radius 2 is 2.05 bits per heavy atom. The van der Waals surface area contributed by atoms with Gasteiger partial charge in [-0.1, -0.05) is 33.6 Å². The van der Waals surface area contributed by atoms with Crippen molar-refractivity contribution in [3.05, 3.63) is 0 Å². The molecule has 120 valence electrons. The Hall–Kier alpha value is -0.120. The molecule has 0 aromatic heterocycles. The number of hydrogen-bond acceptors (Lipinski definition) is 3. The lowest BCUT2D eigenvalue weighted by Crippen LogP contribution is -2.48. The first kappa shape index (κ1) is 17.9. The highest BCUT2D eigenvalue weighted by Gasteiger charge is 2.36. The first-order valence-corrected chi connectivity index (χ1v) is 8.21. The zero-order chi connectivity index (χ0) is 15.2. The van der Waals surface area contributed by atoms with Crippen molar-refractivity contribution in [3.63, 3.8) is 0 Å². The van der Waals surface area contributed by atoms with Crippen molar-refractivity contribution in [2.75, 3.05) is 20.3 Å². The van der Waals surface area contributed by atoms with E-state index in [0.717, 1.165) is 25.5 Å². The molecule has 1 rings (SSSR count). The maximum absolute atomic E-state index is 6.39. The van der Waals surface area contributed by atoms with Crippen LogP contribution in [0.3, 0.4) is 0 Å². The van der Waals surface area contributed by atoms with Gasteiger partial charge in [-0.05, 0) is 39.0 Å². The Labute approximate surface area is 125 Å². The molecular formula is C17H35NO2. The monoisotopic (exact) mass is 285 g/mol. The second kappa shape index (κ2) is 7.77. The minimum Gasteiger partial charge on any atom is -0.379 e. The predicted octanol–water partition coefficient (Wildman–Crippen LogP) is 3.77. The van der Waals surface area contributed by atoms with Gasteiger partial charge in [0.25, 0.3) is 0 Å². The van der Waals surface area contributed by atoms with Gasteiger partial charge >= 0.3 is 0 Å². The van der Waals surface area contributed by atoms with Crippen molar-refractivity contribution in [1.82, 2.24) is 5.32 Å². The third kappa shape index (κ3) is 6.11. The maximum Gasteiger partial charge on any atom is 0.0808 e. The average molecular weight is 285 g/mol. The molecule has 1 fully saturated rings. The zero-order valence-corrected chi connectivity index (χ0v) is 14.4. The van der Waals surface area contributed by atoms with E-state index in [1.54, 1.807) is 7.11 Å². The van der Waals surface area contributed by atoms with Crippen molar-refractivity contribution in [2.24, 2.45) is 5.92 Å². The van der Waals surface area contributed by atoms with Crippen molar-refractivity contribution in [1.29, 1.82) is 0 Å². The second-order valence-electron chi connectivity index (χ2n) is 7.48. The van der Waals surface area contributed by atoms with Crippen molar-refractivity contribution >= 4 is 0 Å². The van der Waals surface area contributed by atoms with E-state index in [0.29, 0.717) is 6.04 Å². The Kier molecular flexibility index (Phi) is 6.96. The van der Waals surface area contributed by atoms with Crippen LogP contribution < -0.4 is 5.32 Å². The summed E-state index contributed by atoms with van der Waals surface area (Å²) in [6, 6.07) is 0.517. The molecule has 0 amide bonds. The van der Waals surface area contributed by atoms with E-state index in [-0.39, 0.29) is 11.2 Å².